The van der Waals surface area contributed by atoms with Crippen molar-refractivity contribution >= 4 is 0 Å². The van der Waals surface area contributed by atoms with Gasteiger partial charge in [0.25, 0.3) is 0 Å². The van der Waals surface area contributed by atoms with Crippen molar-refractivity contribution in [2.24, 2.45) is 0 Å². The van der Waals surface area contributed by atoms with Gasteiger partial charge >= 0.3 is 0 Å². The standard InChI is InChI=1S/C12H9F3N2O/c13-8-4-10(15)9(14)3-7(8)12-6-1-2-18-5-11(6)16-17-12/h3-4H,1-2,5H2,(H,16,17). The second-order valence-corrected chi connectivity index (χ2v) is 4.08. The van der Waals surface area contributed by atoms with Gasteiger partial charge in [-0.3, -0.25) is 5.10 Å². The van der Waals surface area contributed by atoms with Crippen LogP contribution in [0.5, 0.6) is 0 Å². The molecule has 0 radical (unpaired) electrons. The summed E-state index contributed by atoms with van der Waals surface area (Å²) in [4.78, 5) is 0. The third kappa shape index (κ3) is 1.69. The summed E-state index contributed by atoms with van der Waals surface area (Å²) in [6.07, 6.45) is 0.569. The highest BCUT2D eigenvalue weighted by molar-refractivity contribution is 5.65. The Bertz CT molecular complexity index is 610. The topological polar surface area (TPSA) is 37.9 Å². The number of halogens is 3. The zero-order valence-electron chi connectivity index (χ0n) is 9.27. The van der Waals surface area contributed by atoms with Gasteiger partial charge in [-0.05, 0) is 12.5 Å². The molecule has 0 saturated heterocycles. The van der Waals surface area contributed by atoms with E-state index in [9.17, 15) is 13.2 Å². The Morgan fingerprint density at radius 2 is 1.89 bits per heavy atom. The predicted molar refractivity (Wildman–Crippen MR) is 57.3 cm³/mol. The van der Waals surface area contributed by atoms with Crippen molar-refractivity contribution in [3.05, 3.63) is 40.8 Å². The number of aromatic nitrogens is 2. The molecule has 2 aromatic rings. The average molecular weight is 254 g/mol. The van der Waals surface area contributed by atoms with E-state index in [1.54, 1.807) is 0 Å². The van der Waals surface area contributed by atoms with E-state index in [0.717, 1.165) is 17.3 Å². The zero-order chi connectivity index (χ0) is 12.7. The molecule has 0 spiro atoms. The Balaban J connectivity index is 2.15. The number of ether oxygens (including phenoxy) is 1. The fourth-order valence-corrected chi connectivity index (χ4v) is 2.07. The second-order valence-electron chi connectivity index (χ2n) is 4.08. The van der Waals surface area contributed by atoms with Gasteiger partial charge in [-0.1, -0.05) is 0 Å². The van der Waals surface area contributed by atoms with Crippen LogP contribution in [0.4, 0.5) is 13.2 Å². The highest BCUT2D eigenvalue weighted by Gasteiger charge is 2.21. The Labute approximate surface area is 101 Å². The van der Waals surface area contributed by atoms with Crippen LogP contribution in [-0.2, 0) is 17.8 Å². The molecule has 1 N–H and O–H groups in total. The third-order valence-electron chi connectivity index (χ3n) is 2.96. The maximum absolute atomic E-state index is 13.7. The van der Waals surface area contributed by atoms with Crippen LogP contribution < -0.4 is 0 Å². The number of hydrogen-bond donors (Lipinski definition) is 1. The third-order valence-corrected chi connectivity index (χ3v) is 2.96. The summed E-state index contributed by atoms with van der Waals surface area (Å²) in [5, 5.41) is 6.69. The number of H-pyrrole nitrogens is 1. The van der Waals surface area contributed by atoms with Crippen molar-refractivity contribution in [1.82, 2.24) is 10.2 Å². The minimum atomic E-state index is -1.20. The van der Waals surface area contributed by atoms with Gasteiger partial charge < -0.3 is 4.74 Å². The van der Waals surface area contributed by atoms with Gasteiger partial charge in [0.15, 0.2) is 11.6 Å². The highest BCUT2D eigenvalue weighted by atomic mass is 19.2. The van der Waals surface area contributed by atoms with Crippen molar-refractivity contribution in [2.45, 2.75) is 13.0 Å². The molecule has 0 atom stereocenters. The van der Waals surface area contributed by atoms with E-state index >= 15 is 0 Å². The fourth-order valence-electron chi connectivity index (χ4n) is 2.07. The lowest BCUT2D eigenvalue weighted by molar-refractivity contribution is 0.108. The van der Waals surface area contributed by atoms with E-state index in [2.05, 4.69) is 10.2 Å². The van der Waals surface area contributed by atoms with Crippen LogP contribution in [0.25, 0.3) is 11.3 Å². The lowest BCUT2D eigenvalue weighted by atomic mass is 10.0. The van der Waals surface area contributed by atoms with Crippen LogP contribution in [0.3, 0.4) is 0 Å². The smallest absolute Gasteiger partial charge is 0.161 e. The number of aromatic amines is 1. The van der Waals surface area contributed by atoms with E-state index in [1.165, 1.54) is 0 Å². The lowest BCUT2D eigenvalue weighted by Gasteiger charge is -2.12. The number of nitrogens with zero attached hydrogens (tertiary/aromatic N) is 1. The molecule has 0 amide bonds. The van der Waals surface area contributed by atoms with Crippen LogP contribution in [-0.4, -0.2) is 16.8 Å². The normalized spacial score (nSPS) is 14.6. The van der Waals surface area contributed by atoms with Crippen molar-refractivity contribution in [3.63, 3.8) is 0 Å². The number of rotatable bonds is 1. The van der Waals surface area contributed by atoms with Gasteiger partial charge in [0, 0.05) is 17.2 Å². The summed E-state index contributed by atoms with van der Waals surface area (Å²) >= 11 is 0. The van der Waals surface area contributed by atoms with Crippen LogP contribution in [0.15, 0.2) is 12.1 Å². The first-order valence-electron chi connectivity index (χ1n) is 5.45. The highest BCUT2D eigenvalue weighted by Crippen LogP contribution is 2.30. The molecule has 0 unspecified atom stereocenters. The maximum Gasteiger partial charge on any atom is 0.161 e. The van der Waals surface area contributed by atoms with Crippen LogP contribution in [0.2, 0.25) is 0 Å². The van der Waals surface area contributed by atoms with E-state index in [-0.39, 0.29) is 5.56 Å². The largest absolute Gasteiger partial charge is 0.375 e. The molecule has 1 aliphatic heterocycles. The molecular formula is C12H9F3N2O. The molecular weight excluding hydrogens is 245 g/mol. The molecule has 0 saturated carbocycles. The Morgan fingerprint density at radius 3 is 2.72 bits per heavy atom. The van der Waals surface area contributed by atoms with Crippen molar-refractivity contribution in [1.29, 1.82) is 0 Å². The molecule has 1 aromatic carbocycles. The number of nitrogens with one attached hydrogen (secondary N) is 1. The van der Waals surface area contributed by atoms with Crippen LogP contribution in [0.1, 0.15) is 11.3 Å². The summed E-state index contributed by atoms with van der Waals surface area (Å²) in [7, 11) is 0. The van der Waals surface area contributed by atoms with Gasteiger partial charge in [0.2, 0.25) is 0 Å². The fraction of sp³-hybridized carbons (Fsp3) is 0.250. The van der Waals surface area contributed by atoms with Crippen LogP contribution >= 0.6 is 0 Å². The lowest BCUT2D eigenvalue weighted by Crippen LogP contribution is -2.09. The number of fused-ring (bicyclic) bond motifs is 1. The predicted octanol–water partition coefficient (Wildman–Crippen LogP) is 2.57. The second kappa shape index (κ2) is 4.13. The van der Waals surface area contributed by atoms with Crippen molar-refractivity contribution in [3.8, 4) is 11.3 Å². The Kier molecular flexibility index (Phi) is 2.59. The van der Waals surface area contributed by atoms with Gasteiger partial charge in [-0.15, -0.1) is 0 Å². The number of hydrogen-bond acceptors (Lipinski definition) is 2. The van der Waals surface area contributed by atoms with Gasteiger partial charge in [0.05, 0.1) is 24.6 Å². The first-order valence-corrected chi connectivity index (χ1v) is 5.45. The zero-order valence-corrected chi connectivity index (χ0v) is 9.27. The molecule has 1 aromatic heterocycles. The number of benzene rings is 1. The Hall–Kier alpha value is -1.82. The van der Waals surface area contributed by atoms with Gasteiger partial charge in [-0.2, -0.15) is 5.10 Å². The van der Waals surface area contributed by atoms with E-state index in [0.29, 0.717) is 31.4 Å². The Morgan fingerprint density at radius 1 is 1.11 bits per heavy atom. The molecule has 18 heavy (non-hydrogen) atoms. The molecule has 0 aliphatic carbocycles. The molecule has 2 heterocycles. The van der Waals surface area contributed by atoms with Crippen molar-refractivity contribution in [2.75, 3.05) is 6.61 Å². The maximum atomic E-state index is 13.7. The van der Waals surface area contributed by atoms with E-state index in [1.807, 2.05) is 0 Å². The summed E-state index contributed by atoms with van der Waals surface area (Å²) in [5.74, 6) is -3.12. The molecule has 94 valence electrons. The van der Waals surface area contributed by atoms with Crippen LogP contribution in [0, 0.1) is 17.5 Å². The van der Waals surface area contributed by atoms with Gasteiger partial charge in [-0.25, -0.2) is 13.2 Å². The first-order chi connectivity index (χ1) is 8.66. The van der Waals surface area contributed by atoms with E-state index in [4.69, 9.17) is 4.74 Å². The van der Waals surface area contributed by atoms with Gasteiger partial charge in [0.1, 0.15) is 5.82 Å². The summed E-state index contributed by atoms with van der Waals surface area (Å²) < 4.78 is 44.9. The molecule has 1 aliphatic rings. The first kappa shape index (κ1) is 11.3. The minimum absolute atomic E-state index is 0.0340. The summed E-state index contributed by atoms with van der Waals surface area (Å²) in [6, 6.07) is 1.36. The molecule has 0 fully saturated rings. The average Bonchev–Trinajstić information content (AvgIpc) is 2.78. The van der Waals surface area contributed by atoms with Crippen molar-refractivity contribution < 1.29 is 17.9 Å². The summed E-state index contributed by atoms with van der Waals surface area (Å²) in [6.45, 7) is 0.873. The van der Waals surface area contributed by atoms with E-state index < -0.39 is 17.5 Å². The SMILES string of the molecule is Fc1cc(F)c(-c2n[nH]c3c2CCOC3)cc1F. The molecule has 0 bridgehead atoms. The monoisotopic (exact) mass is 254 g/mol. The summed E-state index contributed by atoms with van der Waals surface area (Å²) in [5.41, 5.74) is 1.84. The minimum Gasteiger partial charge on any atom is -0.375 e. The molecule has 3 nitrogen and oxygen atoms in total. The molecule has 6 heteroatoms. The molecule has 3 rings (SSSR count). The quantitative estimate of drug-likeness (QED) is 0.794.